The van der Waals surface area contributed by atoms with Gasteiger partial charge in [-0.05, 0) is 46.9 Å². The second kappa shape index (κ2) is 5.85. The van der Waals surface area contributed by atoms with Gasteiger partial charge in [0, 0.05) is 0 Å². The normalized spacial score (nSPS) is 10.0. The molecule has 2 aromatic carbocycles. The van der Waals surface area contributed by atoms with Gasteiger partial charge >= 0.3 is 5.69 Å². The molecule has 0 atom stereocenters. The monoisotopic (exact) mass is 371 g/mol. The van der Waals surface area contributed by atoms with Gasteiger partial charge in [-0.3, -0.25) is 16.0 Å². The number of anilines is 1. The first kappa shape index (κ1) is 13.6. The van der Waals surface area contributed by atoms with E-state index < -0.39 is 4.92 Å². The summed E-state index contributed by atoms with van der Waals surface area (Å²) in [6, 6.07) is 11.9. The van der Waals surface area contributed by atoms with Crippen LogP contribution in [0.3, 0.4) is 0 Å². The van der Waals surface area contributed by atoms with E-state index in [-0.39, 0.29) is 17.1 Å². The standard InChI is InChI=1S/C12H10IN3O3/c13-8-4-1-2-6-10(8)19-11-7-3-5-9(15-14)12(11)16(17)18/h1-7,15H,14H2. The Balaban J connectivity index is 2.46. The van der Waals surface area contributed by atoms with Crippen molar-refractivity contribution >= 4 is 34.0 Å². The van der Waals surface area contributed by atoms with Crippen molar-refractivity contribution in [3.8, 4) is 11.5 Å². The molecule has 0 radical (unpaired) electrons. The van der Waals surface area contributed by atoms with Gasteiger partial charge < -0.3 is 10.2 Å². The van der Waals surface area contributed by atoms with Crippen molar-refractivity contribution in [3.63, 3.8) is 0 Å². The van der Waals surface area contributed by atoms with Gasteiger partial charge in [-0.15, -0.1) is 0 Å². The second-order valence-electron chi connectivity index (χ2n) is 3.59. The molecule has 0 saturated heterocycles. The number of nitro benzene ring substituents is 1. The van der Waals surface area contributed by atoms with Crippen molar-refractivity contribution in [3.05, 3.63) is 56.1 Å². The summed E-state index contributed by atoms with van der Waals surface area (Å²) >= 11 is 2.10. The van der Waals surface area contributed by atoms with Crippen LogP contribution in [0.25, 0.3) is 0 Å². The molecule has 0 fully saturated rings. The number of para-hydroxylation sites is 2. The summed E-state index contributed by atoms with van der Waals surface area (Å²) in [5, 5.41) is 11.1. The van der Waals surface area contributed by atoms with Crippen molar-refractivity contribution in [1.29, 1.82) is 0 Å². The minimum absolute atomic E-state index is 0.143. The van der Waals surface area contributed by atoms with E-state index in [1.807, 2.05) is 12.1 Å². The van der Waals surface area contributed by atoms with Gasteiger partial charge in [-0.1, -0.05) is 18.2 Å². The molecule has 19 heavy (non-hydrogen) atoms. The molecule has 0 saturated carbocycles. The van der Waals surface area contributed by atoms with E-state index in [0.717, 1.165) is 3.57 Å². The smallest absolute Gasteiger partial charge is 0.335 e. The predicted molar refractivity (Wildman–Crippen MR) is 80.1 cm³/mol. The predicted octanol–water partition coefficient (Wildman–Crippen LogP) is 3.28. The van der Waals surface area contributed by atoms with Crippen molar-refractivity contribution < 1.29 is 9.66 Å². The lowest BCUT2D eigenvalue weighted by molar-refractivity contribution is -0.384. The van der Waals surface area contributed by atoms with Gasteiger partial charge in [0.15, 0.2) is 0 Å². The minimum Gasteiger partial charge on any atom is -0.449 e. The van der Waals surface area contributed by atoms with Crippen LogP contribution >= 0.6 is 22.6 Å². The van der Waals surface area contributed by atoms with Crippen LogP contribution in [0.15, 0.2) is 42.5 Å². The lowest BCUT2D eigenvalue weighted by Crippen LogP contribution is -2.09. The Labute approximate surface area is 122 Å². The quantitative estimate of drug-likeness (QED) is 0.373. The largest absolute Gasteiger partial charge is 0.449 e. The number of rotatable bonds is 4. The zero-order valence-electron chi connectivity index (χ0n) is 9.67. The van der Waals surface area contributed by atoms with Gasteiger partial charge in [0.25, 0.3) is 0 Å². The van der Waals surface area contributed by atoms with Gasteiger partial charge in [-0.2, -0.15) is 0 Å². The Morgan fingerprint density at radius 2 is 1.84 bits per heavy atom. The fourth-order valence-corrected chi connectivity index (χ4v) is 2.05. The Bertz CT molecular complexity index is 619. The Hall–Kier alpha value is -1.87. The molecule has 0 spiro atoms. The summed E-state index contributed by atoms with van der Waals surface area (Å²) in [5.74, 6) is 5.97. The van der Waals surface area contributed by atoms with Crippen molar-refractivity contribution in [2.24, 2.45) is 5.84 Å². The van der Waals surface area contributed by atoms with Crippen LogP contribution in [0.5, 0.6) is 11.5 Å². The lowest BCUT2D eigenvalue weighted by Gasteiger charge is -2.10. The van der Waals surface area contributed by atoms with Gasteiger partial charge in [0.2, 0.25) is 5.75 Å². The van der Waals surface area contributed by atoms with Gasteiger partial charge in [0.05, 0.1) is 8.49 Å². The molecule has 0 aliphatic heterocycles. The van der Waals surface area contributed by atoms with Crippen LogP contribution in [-0.2, 0) is 0 Å². The highest BCUT2D eigenvalue weighted by molar-refractivity contribution is 14.1. The van der Waals surface area contributed by atoms with E-state index in [0.29, 0.717) is 5.75 Å². The molecule has 2 rings (SSSR count). The molecule has 0 heterocycles. The molecule has 98 valence electrons. The lowest BCUT2D eigenvalue weighted by atomic mass is 10.2. The molecule has 0 unspecified atom stereocenters. The highest BCUT2D eigenvalue weighted by atomic mass is 127. The number of hydrogen-bond donors (Lipinski definition) is 2. The molecule has 0 aliphatic rings. The summed E-state index contributed by atoms with van der Waals surface area (Å²) in [4.78, 5) is 10.6. The highest BCUT2D eigenvalue weighted by Gasteiger charge is 2.21. The zero-order chi connectivity index (χ0) is 13.8. The molecule has 0 aromatic heterocycles. The van der Waals surface area contributed by atoms with Crippen LogP contribution in [0.1, 0.15) is 0 Å². The van der Waals surface area contributed by atoms with Crippen LogP contribution in [0.2, 0.25) is 0 Å². The van der Waals surface area contributed by atoms with Crippen molar-refractivity contribution in [2.75, 3.05) is 5.43 Å². The van der Waals surface area contributed by atoms with Crippen LogP contribution in [0, 0.1) is 13.7 Å². The van der Waals surface area contributed by atoms with E-state index in [9.17, 15) is 10.1 Å². The number of ether oxygens (including phenoxy) is 1. The Morgan fingerprint density at radius 3 is 2.47 bits per heavy atom. The summed E-state index contributed by atoms with van der Waals surface area (Å²) in [6.45, 7) is 0. The third-order valence-corrected chi connectivity index (χ3v) is 3.28. The number of nitrogen functional groups attached to an aromatic ring is 1. The number of halogens is 1. The summed E-state index contributed by atoms with van der Waals surface area (Å²) in [6.07, 6.45) is 0. The fourth-order valence-electron chi connectivity index (χ4n) is 1.56. The Morgan fingerprint density at radius 1 is 1.16 bits per heavy atom. The van der Waals surface area contributed by atoms with E-state index in [1.54, 1.807) is 18.2 Å². The van der Waals surface area contributed by atoms with Gasteiger partial charge in [-0.25, -0.2) is 0 Å². The number of nitrogens with zero attached hydrogens (tertiary/aromatic N) is 1. The van der Waals surface area contributed by atoms with E-state index in [2.05, 4.69) is 28.0 Å². The Kier molecular flexibility index (Phi) is 4.17. The number of nitrogens with one attached hydrogen (secondary N) is 1. The van der Waals surface area contributed by atoms with Crippen LogP contribution < -0.4 is 16.0 Å². The first-order valence-corrected chi connectivity index (χ1v) is 6.37. The minimum atomic E-state index is -0.527. The third-order valence-electron chi connectivity index (χ3n) is 2.39. The van der Waals surface area contributed by atoms with Crippen LogP contribution in [-0.4, -0.2) is 4.92 Å². The van der Waals surface area contributed by atoms with E-state index >= 15 is 0 Å². The molecule has 7 heteroatoms. The van der Waals surface area contributed by atoms with Crippen LogP contribution in [0.4, 0.5) is 11.4 Å². The molecule has 2 aromatic rings. The van der Waals surface area contributed by atoms with E-state index in [1.165, 1.54) is 12.1 Å². The van der Waals surface area contributed by atoms with Crippen molar-refractivity contribution in [1.82, 2.24) is 0 Å². The first-order valence-electron chi connectivity index (χ1n) is 5.30. The number of hydrazine groups is 1. The second-order valence-corrected chi connectivity index (χ2v) is 4.75. The maximum atomic E-state index is 11.1. The molecule has 0 amide bonds. The summed E-state index contributed by atoms with van der Waals surface area (Å²) < 4.78 is 6.46. The number of benzene rings is 2. The van der Waals surface area contributed by atoms with Crippen molar-refractivity contribution in [2.45, 2.75) is 0 Å². The zero-order valence-corrected chi connectivity index (χ0v) is 11.8. The number of nitrogens with two attached hydrogens (primary N) is 1. The average molecular weight is 371 g/mol. The fraction of sp³-hybridized carbons (Fsp3) is 0. The van der Waals surface area contributed by atoms with Gasteiger partial charge in [0.1, 0.15) is 11.4 Å². The molecular formula is C12H10IN3O3. The third kappa shape index (κ3) is 2.93. The van der Waals surface area contributed by atoms with E-state index in [4.69, 9.17) is 10.6 Å². The number of nitro groups is 1. The average Bonchev–Trinajstić information content (AvgIpc) is 2.40. The maximum Gasteiger partial charge on any atom is 0.335 e. The molecule has 3 N–H and O–H groups in total. The molecule has 6 nitrogen and oxygen atoms in total. The molecule has 0 bridgehead atoms. The first-order chi connectivity index (χ1) is 9.13. The maximum absolute atomic E-state index is 11.1. The topological polar surface area (TPSA) is 90.4 Å². The SMILES string of the molecule is NNc1cccc(Oc2ccccc2I)c1[N+](=O)[O-]. The molecular weight excluding hydrogens is 361 g/mol. The molecule has 0 aliphatic carbocycles. The summed E-state index contributed by atoms with van der Waals surface area (Å²) in [7, 11) is 0. The number of hydrogen-bond acceptors (Lipinski definition) is 5. The highest BCUT2D eigenvalue weighted by Crippen LogP contribution is 2.37. The summed E-state index contributed by atoms with van der Waals surface area (Å²) in [5.41, 5.74) is 2.31.